The summed E-state index contributed by atoms with van der Waals surface area (Å²) in [5, 5.41) is 0. The summed E-state index contributed by atoms with van der Waals surface area (Å²) in [4.78, 5) is 10.9. The molecule has 0 heterocycles. The second-order valence-corrected chi connectivity index (χ2v) is 3.34. The van der Waals surface area contributed by atoms with Gasteiger partial charge in [-0.15, -0.1) is 0 Å². The van der Waals surface area contributed by atoms with E-state index in [0.717, 1.165) is 3.57 Å². The van der Waals surface area contributed by atoms with Gasteiger partial charge in [-0.1, -0.05) is 6.07 Å². The number of halogens is 1. The molecule has 12 heavy (non-hydrogen) atoms. The van der Waals surface area contributed by atoms with Gasteiger partial charge in [0.15, 0.2) is 0 Å². The summed E-state index contributed by atoms with van der Waals surface area (Å²) in [7, 11) is 1.51. The largest absolute Gasteiger partial charge is 0.496 e. The highest BCUT2D eigenvalue weighted by atomic mass is 127. The highest BCUT2D eigenvalue weighted by Crippen LogP contribution is 2.22. The normalized spacial score (nSPS) is 9.50. The Kier molecular flexibility index (Phi) is 2.91. The van der Waals surface area contributed by atoms with E-state index < -0.39 is 5.91 Å². The number of amides is 1. The third kappa shape index (κ3) is 1.69. The van der Waals surface area contributed by atoms with Crippen LogP contribution in [0, 0.1) is 3.57 Å². The number of ether oxygens (including phenoxy) is 1. The fourth-order valence-corrected chi connectivity index (χ4v) is 1.65. The molecule has 4 heteroatoms. The van der Waals surface area contributed by atoms with E-state index in [9.17, 15) is 4.79 Å². The zero-order chi connectivity index (χ0) is 9.14. The van der Waals surface area contributed by atoms with Gasteiger partial charge >= 0.3 is 0 Å². The van der Waals surface area contributed by atoms with Crippen molar-refractivity contribution in [2.24, 2.45) is 5.73 Å². The molecule has 1 rings (SSSR count). The molecule has 1 amide bonds. The predicted octanol–water partition coefficient (Wildman–Crippen LogP) is 1.40. The number of hydrogen-bond donors (Lipinski definition) is 1. The molecule has 0 fully saturated rings. The van der Waals surface area contributed by atoms with Crippen molar-refractivity contribution >= 4 is 28.5 Å². The van der Waals surface area contributed by atoms with Gasteiger partial charge in [-0.25, -0.2) is 0 Å². The molecule has 0 aliphatic carbocycles. The summed E-state index contributed by atoms with van der Waals surface area (Å²) in [6, 6.07) is 5.33. The number of benzene rings is 1. The minimum Gasteiger partial charge on any atom is -0.496 e. The van der Waals surface area contributed by atoms with Crippen LogP contribution in [0.1, 0.15) is 10.4 Å². The van der Waals surface area contributed by atoms with Gasteiger partial charge in [0.1, 0.15) is 5.75 Å². The lowest BCUT2D eigenvalue weighted by Crippen LogP contribution is -2.14. The van der Waals surface area contributed by atoms with Gasteiger partial charge in [0.25, 0.3) is 5.91 Å². The quantitative estimate of drug-likeness (QED) is 0.831. The average molecular weight is 277 g/mol. The first kappa shape index (κ1) is 9.31. The molecule has 0 bridgehead atoms. The van der Waals surface area contributed by atoms with E-state index in [1.54, 1.807) is 6.07 Å². The number of primary amides is 1. The van der Waals surface area contributed by atoms with Gasteiger partial charge in [0, 0.05) is 3.57 Å². The molecule has 0 atom stereocenters. The maximum Gasteiger partial charge on any atom is 0.253 e. The Bertz CT molecular complexity index is 312. The minimum atomic E-state index is -0.461. The van der Waals surface area contributed by atoms with E-state index in [1.807, 2.05) is 34.7 Å². The monoisotopic (exact) mass is 277 g/mol. The van der Waals surface area contributed by atoms with Crippen LogP contribution in [-0.4, -0.2) is 13.0 Å². The molecule has 0 aliphatic heterocycles. The number of carbonyl (C=O) groups excluding carboxylic acids is 1. The standard InChI is InChI=1S/C8H8INO2/c1-12-6-4-2-3-5(9)7(6)8(10)11/h2-4H,1H3,(H2,10,11). The molecule has 0 aromatic heterocycles. The van der Waals surface area contributed by atoms with Crippen LogP contribution < -0.4 is 10.5 Å². The molecule has 64 valence electrons. The topological polar surface area (TPSA) is 52.3 Å². The first-order valence-electron chi connectivity index (χ1n) is 3.29. The van der Waals surface area contributed by atoms with Crippen molar-refractivity contribution in [3.05, 3.63) is 27.3 Å². The summed E-state index contributed by atoms with van der Waals surface area (Å²) in [6.07, 6.45) is 0. The average Bonchev–Trinajstić information content (AvgIpc) is 2.03. The van der Waals surface area contributed by atoms with Crippen LogP contribution in [0.4, 0.5) is 0 Å². The summed E-state index contributed by atoms with van der Waals surface area (Å²) in [6.45, 7) is 0. The zero-order valence-corrected chi connectivity index (χ0v) is 8.66. The summed E-state index contributed by atoms with van der Waals surface area (Å²) in [5.41, 5.74) is 5.61. The van der Waals surface area contributed by atoms with E-state index in [-0.39, 0.29) is 0 Å². The van der Waals surface area contributed by atoms with Gasteiger partial charge in [-0.3, -0.25) is 4.79 Å². The molecule has 0 saturated heterocycles. The fraction of sp³-hybridized carbons (Fsp3) is 0.125. The van der Waals surface area contributed by atoms with Crippen molar-refractivity contribution in [2.75, 3.05) is 7.11 Å². The molecular formula is C8H8INO2. The van der Waals surface area contributed by atoms with Crippen LogP contribution in [0.3, 0.4) is 0 Å². The molecule has 3 nitrogen and oxygen atoms in total. The van der Waals surface area contributed by atoms with Crippen LogP contribution in [0.2, 0.25) is 0 Å². The first-order valence-corrected chi connectivity index (χ1v) is 4.37. The molecule has 1 aromatic rings. The fourth-order valence-electron chi connectivity index (χ4n) is 0.914. The predicted molar refractivity (Wildman–Crippen MR) is 54.2 cm³/mol. The van der Waals surface area contributed by atoms with Crippen LogP contribution in [0.25, 0.3) is 0 Å². The van der Waals surface area contributed by atoms with Gasteiger partial charge in [0.05, 0.1) is 12.7 Å². The van der Waals surface area contributed by atoms with Gasteiger partial charge < -0.3 is 10.5 Å². The molecular weight excluding hydrogens is 269 g/mol. The van der Waals surface area contributed by atoms with Crippen molar-refractivity contribution in [3.63, 3.8) is 0 Å². The van der Waals surface area contributed by atoms with Crippen LogP contribution in [0.15, 0.2) is 18.2 Å². The Balaban J connectivity index is 3.29. The Morgan fingerprint density at radius 1 is 1.58 bits per heavy atom. The summed E-state index contributed by atoms with van der Waals surface area (Å²) < 4.78 is 5.79. The lowest BCUT2D eigenvalue weighted by atomic mass is 10.2. The number of nitrogens with two attached hydrogens (primary N) is 1. The molecule has 0 spiro atoms. The highest BCUT2D eigenvalue weighted by Gasteiger charge is 2.11. The van der Waals surface area contributed by atoms with Crippen molar-refractivity contribution in [1.82, 2.24) is 0 Å². The molecule has 0 radical (unpaired) electrons. The first-order chi connectivity index (χ1) is 5.66. The smallest absolute Gasteiger partial charge is 0.253 e. The second kappa shape index (κ2) is 3.75. The number of carbonyl (C=O) groups is 1. The van der Waals surface area contributed by atoms with E-state index in [1.165, 1.54) is 7.11 Å². The van der Waals surface area contributed by atoms with Crippen LogP contribution >= 0.6 is 22.6 Å². The van der Waals surface area contributed by atoms with Crippen LogP contribution in [0.5, 0.6) is 5.75 Å². The Hall–Kier alpha value is -0.780. The maximum atomic E-state index is 10.9. The summed E-state index contributed by atoms with van der Waals surface area (Å²) >= 11 is 2.04. The van der Waals surface area contributed by atoms with Crippen molar-refractivity contribution in [1.29, 1.82) is 0 Å². The third-order valence-electron chi connectivity index (χ3n) is 1.44. The molecule has 0 aliphatic rings. The van der Waals surface area contributed by atoms with E-state index in [2.05, 4.69) is 0 Å². The third-order valence-corrected chi connectivity index (χ3v) is 2.34. The molecule has 0 saturated carbocycles. The van der Waals surface area contributed by atoms with E-state index in [0.29, 0.717) is 11.3 Å². The van der Waals surface area contributed by atoms with Crippen molar-refractivity contribution < 1.29 is 9.53 Å². The molecule has 0 unspecified atom stereocenters. The lowest BCUT2D eigenvalue weighted by Gasteiger charge is -2.05. The summed E-state index contributed by atoms with van der Waals surface area (Å²) in [5.74, 6) is 0.0613. The number of rotatable bonds is 2. The molecule has 1 aromatic carbocycles. The van der Waals surface area contributed by atoms with Crippen molar-refractivity contribution in [2.45, 2.75) is 0 Å². The molecule has 2 N–H and O–H groups in total. The van der Waals surface area contributed by atoms with Gasteiger partial charge in [0.2, 0.25) is 0 Å². The Morgan fingerprint density at radius 3 is 2.67 bits per heavy atom. The van der Waals surface area contributed by atoms with Gasteiger partial charge in [-0.05, 0) is 34.7 Å². The number of methoxy groups -OCH3 is 1. The van der Waals surface area contributed by atoms with Crippen LogP contribution in [-0.2, 0) is 0 Å². The lowest BCUT2D eigenvalue weighted by molar-refractivity contribution is 0.0996. The van der Waals surface area contributed by atoms with Crippen molar-refractivity contribution in [3.8, 4) is 5.75 Å². The highest BCUT2D eigenvalue weighted by molar-refractivity contribution is 14.1. The number of hydrogen-bond acceptors (Lipinski definition) is 2. The maximum absolute atomic E-state index is 10.9. The van der Waals surface area contributed by atoms with E-state index >= 15 is 0 Å². The van der Waals surface area contributed by atoms with E-state index in [4.69, 9.17) is 10.5 Å². The minimum absolute atomic E-state index is 0.445. The zero-order valence-electron chi connectivity index (χ0n) is 6.50. The Morgan fingerprint density at radius 2 is 2.25 bits per heavy atom. The second-order valence-electron chi connectivity index (χ2n) is 2.18. The van der Waals surface area contributed by atoms with Gasteiger partial charge in [-0.2, -0.15) is 0 Å². The Labute approximate surface area is 84.0 Å². The SMILES string of the molecule is COc1cccc(I)c1C(N)=O.